The zero-order valence-electron chi connectivity index (χ0n) is 15.3. The molecule has 1 aliphatic heterocycles. The Morgan fingerprint density at radius 3 is 2.67 bits per heavy atom. The number of carbonyl (C=O) groups is 1. The maximum absolute atomic E-state index is 13.1. The summed E-state index contributed by atoms with van der Waals surface area (Å²) in [6.07, 6.45) is 0. The van der Waals surface area contributed by atoms with Gasteiger partial charge in [0.15, 0.2) is 16.9 Å². The van der Waals surface area contributed by atoms with Gasteiger partial charge < -0.3 is 19.2 Å². The number of benzene rings is 2. The van der Waals surface area contributed by atoms with Crippen molar-refractivity contribution < 1.29 is 18.7 Å². The van der Waals surface area contributed by atoms with Crippen LogP contribution in [0.25, 0.3) is 11.0 Å². The van der Waals surface area contributed by atoms with Crippen molar-refractivity contribution in [1.29, 1.82) is 0 Å². The van der Waals surface area contributed by atoms with Crippen LogP contribution in [0.1, 0.15) is 40.2 Å². The number of rotatable bonds is 4. The molecule has 1 unspecified atom stereocenters. The molecule has 1 aromatic heterocycles. The molecule has 0 saturated heterocycles. The summed E-state index contributed by atoms with van der Waals surface area (Å²) in [6, 6.07) is 10.1. The van der Waals surface area contributed by atoms with Gasteiger partial charge in [-0.2, -0.15) is 0 Å². The number of hydrogen-bond acceptors (Lipinski definition) is 5. The second kappa shape index (κ2) is 6.46. The van der Waals surface area contributed by atoms with Crippen LogP contribution in [0.15, 0.2) is 45.6 Å². The van der Waals surface area contributed by atoms with Gasteiger partial charge in [-0.15, -0.1) is 0 Å². The van der Waals surface area contributed by atoms with E-state index in [1.807, 2.05) is 26.0 Å². The molecule has 2 aromatic carbocycles. The summed E-state index contributed by atoms with van der Waals surface area (Å²) < 4.78 is 16.7. The maximum Gasteiger partial charge on any atom is 0.288 e. The average molecular weight is 365 g/mol. The summed E-state index contributed by atoms with van der Waals surface area (Å²) >= 11 is 0. The fraction of sp³-hybridized carbons (Fsp3) is 0.238. The Morgan fingerprint density at radius 2 is 1.93 bits per heavy atom. The number of carbonyl (C=O) groups excluding carboxylic acids is 1. The fourth-order valence-corrected chi connectivity index (χ4v) is 3.41. The minimum atomic E-state index is -0.599. The van der Waals surface area contributed by atoms with Crippen LogP contribution in [0.5, 0.6) is 11.5 Å². The van der Waals surface area contributed by atoms with Gasteiger partial charge in [-0.3, -0.25) is 9.59 Å². The van der Waals surface area contributed by atoms with E-state index in [2.05, 4.69) is 5.32 Å². The molecule has 0 aliphatic carbocycles. The van der Waals surface area contributed by atoms with E-state index in [4.69, 9.17) is 13.9 Å². The first-order valence-corrected chi connectivity index (χ1v) is 8.72. The molecule has 6 heteroatoms. The van der Waals surface area contributed by atoms with Crippen molar-refractivity contribution in [2.45, 2.75) is 19.9 Å². The van der Waals surface area contributed by atoms with Crippen molar-refractivity contribution in [1.82, 2.24) is 5.32 Å². The fourth-order valence-electron chi connectivity index (χ4n) is 3.41. The van der Waals surface area contributed by atoms with E-state index in [0.717, 1.165) is 11.1 Å². The van der Waals surface area contributed by atoms with Crippen molar-refractivity contribution in [2.75, 3.05) is 13.7 Å². The highest BCUT2D eigenvalue weighted by atomic mass is 16.5. The smallest absolute Gasteiger partial charge is 0.288 e. The van der Waals surface area contributed by atoms with Crippen LogP contribution >= 0.6 is 0 Å². The van der Waals surface area contributed by atoms with Gasteiger partial charge in [0.2, 0.25) is 5.76 Å². The highest BCUT2D eigenvalue weighted by Gasteiger charge is 2.36. The molecule has 0 radical (unpaired) electrons. The van der Waals surface area contributed by atoms with Gasteiger partial charge in [0.05, 0.1) is 30.7 Å². The molecule has 6 nitrogen and oxygen atoms in total. The quantitative estimate of drug-likeness (QED) is 0.767. The summed E-state index contributed by atoms with van der Waals surface area (Å²) in [7, 11) is 1.55. The summed E-state index contributed by atoms with van der Waals surface area (Å²) in [5.41, 5.74) is 2.20. The van der Waals surface area contributed by atoms with Crippen LogP contribution in [0.4, 0.5) is 0 Å². The van der Waals surface area contributed by atoms with E-state index < -0.39 is 11.9 Å². The number of ether oxygens (including phenoxy) is 2. The Hall–Kier alpha value is -3.28. The molecule has 1 N–H and O–H groups in total. The summed E-state index contributed by atoms with van der Waals surface area (Å²) in [5, 5.41) is 3.31. The summed E-state index contributed by atoms with van der Waals surface area (Å²) in [4.78, 5) is 25.6. The van der Waals surface area contributed by atoms with Gasteiger partial charge in [-0.05, 0) is 43.7 Å². The highest BCUT2D eigenvalue weighted by Crippen LogP contribution is 2.35. The third-order valence-corrected chi connectivity index (χ3v) is 4.67. The van der Waals surface area contributed by atoms with Gasteiger partial charge in [-0.1, -0.05) is 17.7 Å². The van der Waals surface area contributed by atoms with Crippen LogP contribution < -0.4 is 20.2 Å². The Bertz CT molecular complexity index is 1120. The topological polar surface area (TPSA) is 77.8 Å². The third-order valence-electron chi connectivity index (χ3n) is 4.67. The number of hydrogen-bond donors (Lipinski definition) is 1. The molecule has 0 saturated carbocycles. The Balaban J connectivity index is 1.89. The van der Waals surface area contributed by atoms with Crippen LogP contribution in [-0.2, 0) is 0 Å². The van der Waals surface area contributed by atoms with Crippen molar-refractivity contribution in [3.63, 3.8) is 0 Å². The van der Waals surface area contributed by atoms with Crippen molar-refractivity contribution in [3.8, 4) is 11.5 Å². The lowest BCUT2D eigenvalue weighted by molar-refractivity contribution is 0.0938. The predicted molar refractivity (Wildman–Crippen MR) is 101 cm³/mol. The van der Waals surface area contributed by atoms with Gasteiger partial charge in [0.25, 0.3) is 5.91 Å². The monoisotopic (exact) mass is 365 g/mol. The Labute approximate surface area is 155 Å². The lowest BCUT2D eigenvalue weighted by Crippen LogP contribution is -2.22. The Kier molecular flexibility index (Phi) is 4.11. The van der Waals surface area contributed by atoms with E-state index in [1.165, 1.54) is 0 Å². The van der Waals surface area contributed by atoms with E-state index in [9.17, 15) is 9.59 Å². The second-order valence-electron chi connectivity index (χ2n) is 6.42. The molecule has 4 rings (SSSR count). The second-order valence-corrected chi connectivity index (χ2v) is 6.42. The minimum absolute atomic E-state index is 0.0641. The highest BCUT2D eigenvalue weighted by molar-refractivity contribution is 5.99. The average Bonchev–Trinajstić information content (AvgIpc) is 3.00. The zero-order valence-corrected chi connectivity index (χ0v) is 15.3. The Morgan fingerprint density at radius 1 is 1.11 bits per heavy atom. The van der Waals surface area contributed by atoms with Gasteiger partial charge in [0.1, 0.15) is 5.58 Å². The molecule has 1 amide bonds. The van der Waals surface area contributed by atoms with Crippen molar-refractivity contribution >= 4 is 16.9 Å². The summed E-state index contributed by atoms with van der Waals surface area (Å²) in [6.45, 7) is 4.30. The molecule has 3 aromatic rings. The maximum atomic E-state index is 13.1. The predicted octanol–water partition coefficient (Wildman–Crippen LogP) is 3.34. The number of aryl methyl sites for hydroxylation is 1. The molecule has 0 spiro atoms. The summed E-state index contributed by atoms with van der Waals surface area (Å²) in [5.74, 6) is 0.809. The van der Waals surface area contributed by atoms with E-state index in [-0.39, 0.29) is 11.2 Å². The standard InChI is InChI=1S/C21H19NO5/c1-4-26-15-8-6-12(10-16(15)25-3)18-17-19(23)13-9-11(2)5-7-14(13)27-20(17)21(24)22-18/h5-10,18H,4H2,1-3H3,(H,22,24). The first-order valence-electron chi connectivity index (χ1n) is 8.72. The SMILES string of the molecule is CCOc1ccc(C2NC(=O)c3oc4ccc(C)cc4c(=O)c32)cc1OC. The lowest BCUT2D eigenvalue weighted by atomic mass is 9.98. The number of nitrogens with one attached hydrogen (secondary N) is 1. The number of amides is 1. The van der Waals surface area contributed by atoms with Crippen LogP contribution in [0.3, 0.4) is 0 Å². The largest absolute Gasteiger partial charge is 0.493 e. The van der Waals surface area contributed by atoms with Crippen molar-refractivity contribution in [2.24, 2.45) is 0 Å². The molecular weight excluding hydrogens is 346 g/mol. The zero-order chi connectivity index (χ0) is 19.1. The van der Waals surface area contributed by atoms with Gasteiger partial charge in [-0.25, -0.2) is 0 Å². The molecule has 0 fully saturated rings. The van der Waals surface area contributed by atoms with Crippen LogP contribution in [0.2, 0.25) is 0 Å². The van der Waals surface area contributed by atoms with Gasteiger partial charge in [0, 0.05) is 0 Å². The van der Waals surface area contributed by atoms with E-state index in [0.29, 0.717) is 34.6 Å². The van der Waals surface area contributed by atoms with Crippen LogP contribution in [0, 0.1) is 6.92 Å². The first-order chi connectivity index (χ1) is 13.0. The molecule has 0 bridgehead atoms. The van der Waals surface area contributed by atoms with E-state index in [1.54, 1.807) is 31.4 Å². The molecule has 1 atom stereocenters. The molecule has 27 heavy (non-hydrogen) atoms. The molecule has 2 heterocycles. The van der Waals surface area contributed by atoms with Crippen LogP contribution in [-0.4, -0.2) is 19.6 Å². The first kappa shape index (κ1) is 17.1. The minimum Gasteiger partial charge on any atom is -0.493 e. The number of methoxy groups -OCH3 is 1. The van der Waals surface area contributed by atoms with Gasteiger partial charge >= 0.3 is 0 Å². The lowest BCUT2D eigenvalue weighted by Gasteiger charge is -2.15. The molecular formula is C21H19NO5. The van der Waals surface area contributed by atoms with Crippen molar-refractivity contribution in [3.05, 3.63) is 69.1 Å². The number of fused-ring (bicyclic) bond motifs is 2. The van der Waals surface area contributed by atoms with E-state index >= 15 is 0 Å². The molecule has 1 aliphatic rings. The normalized spacial score (nSPS) is 15.5. The molecule has 138 valence electrons. The third kappa shape index (κ3) is 2.73.